The molecule has 1 aromatic carbocycles. The van der Waals surface area contributed by atoms with Crippen molar-refractivity contribution in [2.45, 2.75) is 6.92 Å². The molecule has 0 bridgehead atoms. The topological polar surface area (TPSA) is 122 Å². The molecule has 0 unspecified atom stereocenters. The predicted octanol–water partition coefficient (Wildman–Crippen LogP) is 2.06. The van der Waals surface area contributed by atoms with Crippen LogP contribution in [0.5, 0.6) is 0 Å². The summed E-state index contributed by atoms with van der Waals surface area (Å²) in [5.41, 5.74) is 15.8. The Kier molecular flexibility index (Phi) is 3.14. The van der Waals surface area contributed by atoms with Crippen LogP contribution < -0.4 is 17.0 Å². The Morgan fingerprint density at radius 2 is 2.09 bits per heavy atom. The fraction of sp³-hybridized carbons (Fsp3) is 0.0625. The Bertz CT molecular complexity index is 959. The molecule has 6 heteroatoms. The highest BCUT2D eigenvalue weighted by molar-refractivity contribution is 6.04. The predicted molar refractivity (Wildman–Crippen MR) is 89.2 cm³/mol. The van der Waals surface area contributed by atoms with Gasteiger partial charge in [0, 0.05) is 29.2 Å². The zero-order valence-electron chi connectivity index (χ0n) is 12.0. The van der Waals surface area contributed by atoms with Crippen LogP contribution in [0.4, 0.5) is 11.4 Å². The highest BCUT2D eigenvalue weighted by Crippen LogP contribution is 2.33. The van der Waals surface area contributed by atoms with Crippen LogP contribution in [0, 0.1) is 12.3 Å². The standard InChI is InChI=1S/C16H15N5O/c1-8-5-12-15(20-7-8)13(14(19)16(22)21-12)9-3-2-4-11(18)10(9)6-17/h2-7,17H,18-19H2,1H3,(H,21,22). The first-order valence-electron chi connectivity index (χ1n) is 6.70. The van der Waals surface area contributed by atoms with Crippen LogP contribution in [-0.4, -0.2) is 16.2 Å². The highest BCUT2D eigenvalue weighted by atomic mass is 16.1. The summed E-state index contributed by atoms with van der Waals surface area (Å²) in [4.78, 5) is 19.3. The smallest absolute Gasteiger partial charge is 0.272 e. The number of hydrogen-bond acceptors (Lipinski definition) is 5. The fourth-order valence-electron chi connectivity index (χ4n) is 2.53. The number of hydrogen-bond donors (Lipinski definition) is 4. The van der Waals surface area contributed by atoms with E-state index >= 15 is 0 Å². The fourth-order valence-corrected chi connectivity index (χ4v) is 2.53. The molecular weight excluding hydrogens is 278 g/mol. The van der Waals surface area contributed by atoms with Gasteiger partial charge in [0.15, 0.2) is 0 Å². The SMILES string of the molecule is Cc1cnc2c(-c3cccc(N)c3C=N)c(N)c(=O)[nH]c2c1. The molecule has 0 aliphatic carbocycles. The van der Waals surface area contributed by atoms with Crippen LogP contribution >= 0.6 is 0 Å². The first-order chi connectivity index (χ1) is 10.5. The lowest BCUT2D eigenvalue weighted by molar-refractivity contribution is 1.25. The van der Waals surface area contributed by atoms with Crippen LogP contribution in [0.1, 0.15) is 11.1 Å². The Morgan fingerprint density at radius 1 is 1.32 bits per heavy atom. The Labute approximate surface area is 126 Å². The zero-order valence-corrected chi connectivity index (χ0v) is 12.0. The van der Waals surface area contributed by atoms with Crippen LogP contribution in [-0.2, 0) is 0 Å². The van der Waals surface area contributed by atoms with Gasteiger partial charge in [0.2, 0.25) is 0 Å². The van der Waals surface area contributed by atoms with E-state index in [-0.39, 0.29) is 11.2 Å². The average molecular weight is 293 g/mol. The van der Waals surface area contributed by atoms with E-state index in [1.807, 2.05) is 13.0 Å². The lowest BCUT2D eigenvalue weighted by Crippen LogP contribution is -2.14. The number of nitrogens with two attached hydrogens (primary N) is 2. The molecule has 22 heavy (non-hydrogen) atoms. The molecule has 0 spiro atoms. The number of nitrogens with zero attached hydrogens (tertiary/aromatic N) is 1. The highest BCUT2D eigenvalue weighted by Gasteiger charge is 2.16. The van der Waals surface area contributed by atoms with Gasteiger partial charge in [-0.2, -0.15) is 0 Å². The molecule has 0 saturated carbocycles. The molecule has 3 rings (SSSR count). The van der Waals surface area contributed by atoms with Gasteiger partial charge in [-0.25, -0.2) is 0 Å². The van der Waals surface area contributed by atoms with E-state index in [0.717, 1.165) is 11.8 Å². The van der Waals surface area contributed by atoms with Crippen molar-refractivity contribution < 1.29 is 0 Å². The van der Waals surface area contributed by atoms with Gasteiger partial charge in [-0.15, -0.1) is 0 Å². The average Bonchev–Trinajstić information content (AvgIpc) is 2.48. The first-order valence-corrected chi connectivity index (χ1v) is 6.70. The Balaban J connectivity index is 2.51. The van der Waals surface area contributed by atoms with E-state index < -0.39 is 0 Å². The van der Waals surface area contributed by atoms with E-state index in [2.05, 4.69) is 9.97 Å². The molecule has 6 nitrogen and oxygen atoms in total. The molecule has 2 heterocycles. The van der Waals surface area contributed by atoms with E-state index in [0.29, 0.717) is 33.4 Å². The maximum Gasteiger partial charge on any atom is 0.272 e. The molecule has 0 aliphatic rings. The maximum absolute atomic E-state index is 12.1. The molecule has 0 amide bonds. The number of pyridine rings is 2. The first kappa shape index (κ1) is 13.8. The second-order valence-electron chi connectivity index (χ2n) is 5.10. The van der Waals surface area contributed by atoms with Crippen molar-refractivity contribution in [1.29, 1.82) is 5.41 Å². The van der Waals surface area contributed by atoms with Gasteiger partial charge in [-0.1, -0.05) is 12.1 Å². The molecule has 0 atom stereocenters. The molecule has 3 aromatic rings. The largest absolute Gasteiger partial charge is 0.398 e. The van der Waals surface area contributed by atoms with Gasteiger partial charge in [0.25, 0.3) is 5.56 Å². The van der Waals surface area contributed by atoms with Gasteiger partial charge < -0.3 is 21.9 Å². The summed E-state index contributed by atoms with van der Waals surface area (Å²) in [6, 6.07) is 7.08. The number of nitrogen functional groups attached to an aromatic ring is 2. The Morgan fingerprint density at radius 3 is 2.82 bits per heavy atom. The molecule has 0 aliphatic heterocycles. The molecule has 2 aromatic heterocycles. The van der Waals surface area contributed by atoms with Crippen molar-refractivity contribution in [3.63, 3.8) is 0 Å². The van der Waals surface area contributed by atoms with Crippen molar-refractivity contribution in [3.05, 3.63) is 51.9 Å². The van der Waals surface area contributed by atoms with Gasteiger partial charge >= 0.3 is 0 Å². The number of H-pyrrole nitrogens is 1. The van der Waals surface area contributed by atoms with Crippen LogP contribution in [0.15, 0.2) is 35.3 Å². The van der Waals surface area contributed by atoms with Gasteiger partial charge in [-0.3, -0.25) is 9.78 Å². The number of rotatable bonds is 2. The number of anilines is 2. The summed E-state index contributed by atoms with van der Waals surface area (Å²) >= 11 is 0. The van der Waals surface area contributed by atoms with E-state index in [1.54, 1.807) is 24.4 Å². The summed E-state index contributed by atoms with van der Waals surface area (Å²) in [6.07, 6.45) is 2.87. The summed E-state index contributed by atoms with van der Waals surface area (Å²) in [5, 5.41) is 7.59. The summed E-state index contributed by atoms with van der Waals surface area (Å²) in [7, 11) is 0. The van der Waals surface area contributed by atoms with E-state index in [9.17, 15) is 4.79 Å². The summed E-state index contributed by atoms with van der Waals surface area (Å²) < 4.78 is 0. The van der Waals surface area contributed by atoms with Crippen molar-refractivity contribution in [2.24, 2.45) is 0 Å². The van der Waals surface area contributed by atoms with Crippen molar-refractivity contribution in [3.8, 4) is 11.1 Å². The molecule has 110 valence electrons. The van der Waals surface area contributed by atoms with Crippen molar-refractivity contribution in [2.75, 3.05) is 11.5 Å². The zero-order chi connectivity index (χ0) is 15.9. The third-order valence-electron chi connectivity index (χ3n) is 3.58. The minimum Gasteiger partial charge on any atom is -0.398 e. The minimum atomic E-state index is -0.381. The lowest BCUT2D eigenvalue weighted by Gasteiger charge is -2.13. The normalized spacial score (nSPS) is 10.8. The lowest BCUT2D eigenvalue weighted by atomic mass is 9.96. The van der Waals surface area contributed by atoms with E-state index in [4.69, 9.17) is 16.9 Å². The third kappa shape index (κ3) is 2.01. The van der Waals surface area contributed by atoms with Crippen molar-refractivity contribution in [1.82, 2.24) is 9.97 Å². The quantitative estimate of drug-likeness (QED) is 0.426. The summed E-state index contributed by atoms with van der Waals surface area (Å²) in [6.45, 7) is 1.89. The van der Waals surface area contributed by atoms with Crippen molar-refractivity contribution >= 4 is 28.6 Å². The van der Waals surface area contributed by atoms with Crippen LogP contribution in [0.3, 0.4) is 0 Å². The number of fused-ring (bicyclic) bond motifs is 1. The van der Waals surface area contributed by atoms with Crippen LogP contribution in [0.25, 0.3) is 22.2 Å². The van der Waals surface area contributed by atoms with Gasteiger partial charge in [0.1, 0.15) is 5.69 Å². The van der Waals surface area contributed by atoms with Gasteiger partial charge in [-0.05, 0) is 30.2 Å². The number of nitrogens with one attached hydrogen (secondary N) is 2. The van der Waals surface area contributed by atoms with E-state index in [1.165, 1.54) is 0 Å². The Hall–Kier alpha value is -3.15. The monoisotopic (exact) mass is 293 g/mol. The molecule has 0 fully saturated rings. The molecule has 0 saturated heterocycles. The second-order valence-corrected chi connectivity index (χ2v) is 5.10. The second kappa shape index (κ2) is 5.00. The molecular formula is C16H15N5O. The minimum absolute atomic E-state index is 0.0672. The molecule has 0 radical (unpaired) electrons. The third-order valence-corrected chi connectivity index (χ3v) is 3.58. The number of aryl methyl sites for hydroxylation is 1. The number of aromatic amines is 1. The number of benzene rings is 1. The van der Waals surface area contributed by atoms with Crippen LogP contribution in [0.2, 0.25) is 0 Å². The summed E-state index contributed by atoms with van der Waals surface area (Å²) in [5.74, 6) is 0. The maximum atomic E-state index is 12.1. The van der Waals surface area contributed by atoms with Gasteiger partial charge in [0.05, 0.1) is 11.0 Å². The number of aromatic nitrogens is 2. The molecule has 6 N–H and O–H groups in total.